The lowest BCUT2D eigenvalue weighted by Gasteiger charge is -2.41. The van der Waals surface area contributed by atoms with Crippen LogP contribution in [0.3, 0.4) is 0 Å². The first-order valence-corrected chi connectivity index (χ1v) is 6.82. The van der Waals surface area contributed by atoms with E-state index in [1.807, 2.05) is 0 Å². The van der Waals surface area contributed by atoms with Crippen LogP contribution in [0.25, 0.3) is 0 Å². The number of hydrogen-bond donors (Lipinski definition) is 2. The van der Waals surface area contributed by atoms with Gasteiger partial charge in [0.1, 0.15) is 0 Å². The van der Waals surface area contributed by atoms with E-state index in [0.29, 0.717) is 16.9 Å². The molecule has 2 aliphatic carbocycles. The van der Waals surface area contributed by atoms with E-state index >= 15 is 0 Å². The van der Waals surface area contributed by atoms with Gasteiger partial charge in [0.2, 0.25) is 0 Å². The van der Waals surface area contributed by atoms with Gasteiger partial charge in [-0.2, -0.15) is 0 Å². The Hall–Kier alpha value is -0.0800. The molecule has 0 radical (unpaired) electrons. The fourth-order valence-electron chi connectivity index (χ4n) is 4.04. The molecule has 0 heterocycles. The van der Waals surface area contributed by atoms with Crippen LogP contribution >= 0.6 is 0 Å². The number of aliphatic hydroxyl groups is 1. The van der Waals surface area contributed by atoms with Crippen LogP contribution in [0.15, 0.2) is 0 Å². The van der Waals surface area contributed by atoms with Crippen molar-refractivity contribution in [2.75, 3.05) is 6.61 Å². The van der Waals surface area contributed by atoms with Gasteiger partial charge in [-0.25, -0.2) is 0 Å². The minimum atomic E-state index is 0.272. The molecule has 0 aliphatic heterocycles. The van der Waals surface area contributed by atoms with Gasteiger partial charge in [-0.05, 0) is 42.4 Å². The molecule has 0 spiro atoms. The molecule has 2 nitrogen and oxygen atoms in total. The maximum atomic E-state index is 9.31. The first-order valence-electron chi connectivity index (χ1n) is 6.82. The fourth-order valence-corrected chi connectivity index (χ4v) is 4.04. The van der Waals surface area contributed by atoms with E-state index in [4.69, 9.17) is 0 Å². The highest BCUT2D eigenvalue weighted by Crippen LogP contribution is 2.65. The molecular weight excluding hydrogens is 198 g/mol. The van der Waals surface area contributed by atoms with Crippen LogP contribution in [0.1, 0.15) is 53.4 Å². The van der Waals surface area contributed by atoms with Gasteiger partial charge in [0, 0.05) is 12.1 Å². The third-order valence-electron chi connectivity index (χ3n) is 5.94. The average molecular weight is 225 g/mol. The van der Waals surface area contributed by atoms with E-state index in [9.17, 15) is 5.11 Å². The largest absolute Gasteiger partial charge is 0.395 e. The van der Waals surface area contributed by atoms with E-state index in [0.717, 1.165) is 12.3 Å². The van der Waals surface area contributed by atoms with Gasteiger partial charge in [-0.3, -0.25) is 0 Å². The molecule has 0 saturated heterocycles. The van der Waals surface area contributed by atoms with Gasteiger partial charge in [-0.1, -0.05) is 27.7 Å². The molecule has 1 unspecified atom stereocenters. The summed E-state index contributed by atoms with van der Waals surface area (Å²) in [6.07, 6.45) is 5.08. The van der Waals surface area contributed by atoms with E-state index < -0.39 is 0 Å². The molecule has 2 aliphatic rings. The smallest absolute Gasteiger partial charge is 0.0584 e. The number of aliphatic hydroxyl groups excluding tert-OH is 1. The average Bonchev–Trinajstić information content (AvgIpc) is 2.58. The van der Waals surface area contributed by atoms with Crippen LogP contribution in [0.5, 0.6) is 0 Å². The predicted molar refractivity (Wildman–Crippen MR) is 67.3 cm³/mol. The molecule has 0 aromatic heterocycles. The maximum Gasteiger partial charge on any atom is 0.0584 e. The number of rotatable bonds is 4. The zero-order valence-electron chi connectivity index (χ0n) is 11.2. The standard InChI is InChI=1S/C14H27NO/c1-5-11(9-16)15-12-8-10-6-7-14(12,4)13(10,2)3/h10-12,15-16H,5-9H2,1-4H3/t10-,11+,12?,14+/m0/s1. The summed E-state index contributed by atoms with van der Waals surface area (Å²) >= 11 is 0. The Morgan fingerprint density at radius 3 is 2.44 bits per heavy atom. The van der Waals surface area contributed by atoms with E-state index in [1.165, 1.54) is 19.3 Å². The fraction of sp³-hybridized carbons (Fsp3) is 1.00. The van der Waals surface area contributed by atoms with Crippen molar-refractivity contribution in [3.63, 3.8) is 0 Å². The Morgan fingerprint density at radius 2 is 2.06 bits per heavy atom. The van der Waals surface area contributed by atoms with Crippen LogP contribution in [0.2, 0.25) is 0 Å². The maximum absolute atomic E-state index is 9.31. The van der Waals surface area contributed by atoms with Crippen LogP contribution in [-0.4, -0.2) is 23.8 Å². The van der Waals surface area contributed by atoms with Gasteiger partial charge in [-0.15, -0.1) is 0 Å². The van der Waals surface area contributed by atoms with Gasteiger partial charge in [0.25, 0.3) is 0 Å². The van der Waals surface area contributed by atoms with Crippen molar-refractivity contribution in [1.82, 2.24) is 5.32 Å². The van der Waals surface area contributed by atoms with Gasteiger partial charge in [0.05, 0.1) is 6.61 Å². The second kappa shape index (κ2) is 3.99. The van der Waals surface area contributed by atoms with Crippen molar-refractivity contribution in [3.8, 4) is 0 Å². The van der Waals surface area contributed by atoms with E-state index in [1.54, 1.807) is 0 Å². The Kier molecular flexibility index (Phi) is 3.09. The molecule has 94 valence electrons. The summed E-state index contributed by atoms with van der Waals surface area (Å²) in [5, 5.41) is 13.0. The summed E-state index contributed by atoms with van der Waals surface area (Å²) in [6.45, 7) is 9.74. The molecule has 4 atom stereocenters. The van der Waals surface area contributed by atoms with Crippen molar-refractivity contribution in [1.29, 1.82) is 0 Å². The monoisotopic (exact) mass is 225 g/mol. The molecule has 2 N–H and O–H groups in total. The molecule has 2 bridgehead atoms. The van der Waals surface area contributed by atoms with Crippen LogP contribution in [0, 0.1) is 16.7 Å². The lowest BCUT2D eigenvalue weighted by molar-refractivity contribution is 0.106. The van der Waals surface area contributed by atoms with Crippen molar-refractivity contribution in [2.24, 2.45) is 16.7 Å². The Balaban J connectivity index is 2.09. The molecule has 2 saturated carbocycles. The summed E-state index contributed by atoms with van der Waals surface area (Å²) in [4.78, 5) is 0. The van der Waals surface area contributed by atoms with Gasteiger partial charge in [0.15, 0.2) is 0 Å². The summed E-state index contributed by atoms with van der Waals surface area (Å²) in [7, 11) is 0. The SMILES string of the molecule is CC[C@H](CO)NC1C[C@@H]2CC[C@@]1(C)C2(C)C. The quantitative estimate of drug-likeness (QED) is 0.770. The summed E-state index contributed by atoms with van der Waals surface area (Å²) in [5.74, 6) is 0.881. The van der Waals surface area contributed by atoms with Crippen LogP contribution in [0.4, 0.5) is 0 Å². The summed E-state index contributed by atoms with van der Waals surface area (Å²) < 4.78 is 0. The Morgan fingerprint density at radius 1 is 1.38 bits per heavy atom. The van der Waals surface area contributed by atoms with Crippen molar-refractivity contribution in [2.45, 2.75) is 65.5 Å². The third kappa shape index (κ3) is 1.53. The Labute approximate surface area is 99.8 Å². The number of nitrogens with one attached hydrogen (secondary N) is 1. The van der Waals surface area contributed by atoms with Crippen molar-refractivity contribution >= 4 is 0 Å². The molecular formula is C14H27NO. The minimum Gasteiger partial charge on any atom is -0.395 e. The topological polar surface area (TPSA) is 32.3 Å². The molecule has 16 heavy (non-hydrogen) atoms. The normalized spacial score (nSPS) is 42.6. The highest BCUT2D eigenvalue weighted by atomic mass is 16.3. The number of hydrogen-bond acceptors (Lipinski definition) is 2. The number of fused-ring (bicyclic) bond motifs is 2. The van der Waals surface area contributed by atoms with Crippen LogP contribution in [-0.2, 0) is 0 Å². The first kappa shape index (κ1) is 12.4. The molecule has 2 heteroatoms. The highest BCUT2D eigenvalue weighted by Gasteiger charge is 2.61. The van der Waals surface area contributed by atoms with Crippen LogP contribution < -0.4 is 5.32 Å². The highest BCUT2D eigenvalue weighted by molar-refractivity contribution is 5.13. The lowest BCUT2D eigenvalue weighted by Crippen LogP contribution is -2.49. The minimum absolute atomic E-state index is 0.272. The molecule has 0 aromatic rings. The molecule has 2 rings (SSSR count). The second-order valence-electron chi connectivity index (χ2n) is 6.62. The zero-order valence-corrected chi connectivity index (χ0v) is 11.2. The summed E-state index contributed by atoms with van der Waals surface area (Å²) in [5.41, 5.74) is 0.901. The molecule has 0 aromatic carbocycles. The summed E-state index contributed by atoms with van der Waals surface area (Å²) in [6, 6.07) is 0.898. The van der Waals surface area contributed by atoms with Crippen molar-refractivity contribution in [3.05, 3.63) is 0 Å². The second-order valence-corrected chi connectivity index (χ2v) is 6.62. The van der Waals surface area contributed by atoms with E-state index in [2.05, 4.69) is 33.0 Å². The lowest BCUT2D eigenvalue weighted by atomic mass is 9.69. The first-order chi connectivity index (χ1) is 7.45. The van der Waals surface area contributed by atoms with Gasteiger partial charge < -0.3 is 10.4 Å². The van der Waals surface area contributed by atoms with Crippen molar-refractivity contribution < 1.29 is 5.11 Å². The zero-order chi connectivity index (χ0) is 12.0. The molecule has 2 fully saturated rings. The molecule has 0 amide bonds. The van der Waals surface area contributed by atoms with Gasteiger partial charge >= 0.3 is 0 Å². The third-order valence-corrected chi connectivity index (χ3v) is 5.94. The van der Waals surface area contributed by atoms with E-state index in [-0.39, 0.29) is 12.6 Å². The Bertz CT molecular complexity index is 259. The predicted octanol–water partition coefficient (Wildman–Crippen LogP) is 2.56.